The Morgan fingerprint density at radius 3 is 2.80 bits per heavy atom. The summed E-state index contributed by atoms with van der Waals surface area (Å²) in [5.74, 6) is 1.33. The number of hydrogen-bond donors (Lipinski definition) is 0. The number of nitrogens with zero attached hydrogens (tertiary/aromatic N) is 3. The Morgan fingerprint density at radius 1 is 1.32 bits per heavy atom. The van der Waals surface area contributed by atoms with Crippen LogP contribution in [0.1, 0.15) is 42.6 Å². The number of hydrogen-bond acceptors (Lipinski definition) is 4. The van der Waals surface area contributed by atoms with E-state index in [-0.39, 0.29) is 11.3 Å². The van der Waals surface area contributed by atoms with E-state index in [0.717, 1.165) is 64.7 Å². The molecule has 6 nitrogen and oxygen atoms in total. The van der Waals surface area contributed by atoms with Crippen LogP contribution < -0.4 is 0 Å². The Kier molecular flexibility index (Phi) is 4.82. The summed E-state index contributed by atoms with van der Waals surface area (Å²) >= 11 is 0. The third-order valence-corrected chi connectivity index (χ3v) is 6.28. The third kappa shape index (κ3) is 3.75. The molecule has 3 aliphatic rings. The molecule has 25 heavy (non-hydrogen) atoms. The van der Waals surface area contributed by atoms with Crippen molar-refractivity contribution in [3.05, 3.63) is 18.0 Å². The molecule has 3 heterocycles. The normalized spacial score (nSPS) is 26.1. The zero-order chi connectivity index (χ0) is 17.3. The summed E-state index contributed by atoms with van der Waals surface area (Å²) in [7, 11) is 1.84. The molecule has 0 radical (unpaired) electrons. The van der Waals surface area contributed by atoms with E-state index in [1.807, 2.05) is 18.1 Å². The van der Waals surface area contributed by atoms with Crippen molar-refractivity contribution < 1.29 is 14.3 Å². The van der Waals surface area contributed by atoms with Gasteiger partial charge in [0.2, 0.25) is 0 Å². The van der Waals surface area contributed by atoms with Gasteiger partial charge in [0.25, 0.3) is 5.91 Å². The number of likely N-dealkylation sites (tertiary alicyclic amines) is 1. The average Bonchev–Trinajstić information content (AvgIpc) is 3.35. The molecule has 1 atom stereocenters. The van der Waals surface area contributed by atoms with E-state index in [9.17, 15) is 4.79 Å². The maximum atomic E-state index is 12.6. The Labute approximate surface area is 149 Å². The molecular formula is C19H29N3O3. The summed E-state index contributed by atoms with van der Waals surface area (Å²) in [5, 5.41) is 4.25. The van der Waals surface area contributed by atoms with Crippen molar-refractivity contribution in [1.29, 1.82) is 0 Å². The van der Waals surface area contributed by atoms with Gasteiger partial charge in [-0.05, 0) is 49.5 Å². The molecule has 2 aliphatic heterocycles. The minimum atomic E-state index is 0.0593. The molecule has 1 spiro atoms. The van der Waals surface area contributed by atoms with Crippen LogP contribution in [0.4, 0.5) is 0 Å². The van der Waals surface area contributed by atoms with E-state index in [1.54, 1.807) is 10.7 Å². The lowest BCUT2D eigenvalue weighted by Crippen LogP contribution is -2.50. The summed E-state index contributed by atoms with van der Waals surface area (Å²) in [6, 6.07) is 1.80. The summed E-state index contributed by atoms with van der Waals surface area (Å²) in [5.41, 5.74) is 0.831. The summed E-state index contributed by atoms with van der Waals surface area (Å²) in [4.78, 5) is 14.6. The minimum Gasteiger partial charge on any atom is -0.381 e. The highest BCUT2D eigenvalue weighted by molar-refractivity contribution is 5.92. The minimum absolute atomic E-state index is 0.0593. The van der Waals surface area contributed by atoms with Crippen molar-refractivity contribution >= 4 is 5.91 Å². The van der Waals surface area contributed by atoms with Crippen LogP contribution in [0.15, 0.2) is 12.3 Å². The number of carbonyl (C=O) groups excluding carboxylic acids is 1. The molecule has 1 amide bonds. The Hall–Kier alpha value is -1.40. The smallest absolute Gasteiger partial charge is 0.274 e. The lowest BCUT2D eigenvalue weighted by atomic mass is 9.66. The van der Waals surface area contributed by atoms with Crippen molar-refractivity contribution in [3.8, 4) is 0 Å². The van der Waals surface area contributed by atoms with Crippen LogP contribution in [0.3, 0.4) is 0 Å². The largest absolute Gasteiger partial charge is 0.381 e. The van der Waals surface area contributed by atoms with E-state index in [4.69, 9.17) is 9.47 Å². The molecule has 1 aromatic rings. The number of rotatable bonds is 5. The topological polar surface area (TPSA) is 56.6 Å². The number of ether oxygens (including phenoxy) is 2. The van der Waals surface area contributed by atoms with Gasteiger partial charge in [-0.3, -0.25) is 9.48 Å². The van der Waals surface area contributed by atoms with Crippen LogP contribution in [0.2, 0.25) is 0 Å². The highest BCUT2D eigenvalue weighted by atomic mass is 16.5. The van der Waals surface area contributed by atoms with Crippen LogP contribution in [0, 0.1) is 17.3 Å². The first kappa shape index (κ1) is 17.0. The maximum Gasteiger partial charge on any atom is 0.274 e. The number of aryl methyl sites for hydroxylation is 1. The van der Waals surface area contributed by atoms with Gasteiger partial charge in [-0.1, -0.05) is 0 Å². The average molecular weight is 347 g/mol. The zero-order valence-electron chi connectivity index (χ0n) is 15.2. The first-order valence-corrected chi connectivity index (χ1v) is 9.61. The first-order chi connectivity index (χ1) is 12.2. The molecule has 6 heteroatoms. The summed E-state index contributed by atoms with van der Waals surface area (Å²) in [6.45, 7) is 5.00. The monoisotopic (exact) mass is 347 g/mol. The van der Waals surface area contributed by atoms with Crippen LogP contribution in [-0.4, -0.2) is 60.1 Å². The Bertz CT molecular complexity index is 603. The van der Waals surface area contributed by atoms with Crippen LogP contribution in [0.25, 0.3) is 0 Å². The second-order valence-corrected chi connectivity index (χ2v) is 8.03. The molecule has 0 bridgehead atoms. The SMILES string of the molecule is Cn1ccc(C(=O)N2CCC3(CCOC[C@H]3COCC3CC3)CC2)n1. The van der Waals surface area contributed by atoms with E-state index in [2.05, 4.69) is 5.10 Å². The summed E-state index contributed by atoms with van der Waals surface area (Å²) < 4.78 is 13.4. The fourth-order valence-corrected chi connectivity index (χ4v) is 4.27. The molecule has 3 fully saturated rings. The lowest BCUT2D eigenvalue weighted by molar-refractivity contribution is -0.0976. The molecule has 0 unspecified atom stereocenters. The highest BCUT2D eigenvalue weighted by Gasteiger charge is 2.44. The lowest BCUT2D eigenvalue weighted by Gasteiger charge is -2.48. The predicted molar refractivity (Wildman–Crippen MR) is 93.2 cm³/mol. The molecule has 0 N–H and O–H groups in total. The highest BCUT2D eigenvalue weighted by Crippen LogP contribution is 2.45. The molecule has 1 aliphatic carbocycles. The van der Waals surface area contributed by atoms with E-state index in [0.29, 0.717) is 11.6 Å². The molecule has 1 saturated carbocycles. The molecule has 2 saturated heterocycles. The number of carbonyl (C=O) groups is 1. The Balaban J connectivity index is 1.35. The van der Waals surface area contributed by atoms with Crippen molar-refractivity contribution in [1.82, 2.24) is 14.7 Å². The van der Waals surface area contributed by atoms with Crippen molar-refractivity contribution in [2.75, 3.05) is 39.5 Å². The van der Waals surface area contributed by atoms with Crippen molar-refractivity contribution in [2.24, 2.45) is 24.3 Å². The molecule has 4 rings (SSSR count). The van der Waals surface area contributed by atoms with Gasteiger partial charge in [0.05, 0.1) is 13.2 Å². The van der Waals surface area contributed by atoms with Gasteiger partial charge in [-0.15, -0.1) is 0 Å². The van der Waals surface area contributed by atoms with Gasteiger partial charge < -0.3 is 14.4 Å². The summed E-state index contributed by atoms with van der Waals surface area (Å²) in [6.07, 6.45) is 7.67. The molecule has 138 valence electrons. The predicted octanol–water partition coefficient (Wildman–Crippen LogP) is 2.11. The molecule has 0 aromatic carbocycles. The number of piperidine rings is 1. The number of amides is 1. The molecule has 1 aromatic heterocycles. The maximum absolute atomic E-state index is 12.6. The van der Waals surface area contributed by atoms with E-state index >= 15 is 0 Å². The van der Waals surface area contributed by atoms with E-state index in [1.165, 1.54) is 12.8 Å². The van der Waals surface area contributed by atoms with Crippen LogP contribution in [0.5, 0.6) is 0 Å². The fourth-order valence-electron chi connectivity index (χ4n) is 4.27. The quantitative estimate of drug-likeness (QED) is 0.819. The van der Waals surface area contributed by atoms with Crippen molar-refractivity contribution in [3.63, 3.8) is 0 Å². The van der Waals surface area contributed by atoms with Gasteiger partial charge in [0.1, 0.15) is 5.69 Å². The number of aromatic nitrogens is 2. The van der Waals surface area contributed by atoms with Crippen LogP contribution >= 0.6 is 0 Å². The Morgan fingerprint density at radius 2 is 2.12 bits per heavy atom. The van der Waals surface area contributed by atoms with Gasteiger partial charge >= 0.3 is 0 Å². The fraction of sp³-hybridized carbons (Fsp3) is 0.789. The van der Waals surface area contributed by atoms with Gasteiger partial charge in [0.15, 0.2) is 0 Å². The standard InChI is InChI=1S/C19H29N3O3/c1-21-8-4-17(20-21)18(23)22-9-5-19(6-10-22)7-11-24-13-16(19)14-25-12-15-2-3-15/h4,8,15-16H,2-3,5-7,9-14H2,1H3/t16-/m0/s1. The van der Waals surface area contributed by atoms with Gasteiger partial charge in [0, 0.05) is 45.5 Å². The first-order valence-electron chi connectivity index (χ1n) is 9.61. The van der Waals surface area contributed by atoms with Gasteiger partial charge in [-0.25, -0.2) is 0 Å². The zero-order valence-corrected chi connectivity index (χ0v) is 15.2. The van der Waals surface area contributed by atoms with Crippen molar-refractivity contribution in [2.45, 2.75) is 32.1 Å². The van der Waals surface area contributed by atoms with Gasteiger partial charge in [-0.2, -0.15) is 5.10 Å². The second-order valence-electron chi connectivity index (χ2n) is 8.03. The second kappa shape index (κ2) is 7.08. The third-order valence-electron chi connectivity index (χ3n) is 6.28. The van der Waals surface area contributed by atoms with Crippen LogP contribution in [-0.2, 0) is 16.5 Å². The molecular weight excluding hydrogens is 318 g/mol. The van der Waals surface area contributed by atoms with E-state index < -0.39 is 0 Å².